The van der Waals surface area contributed by atoms with Crippen LogP contribution < -0.4 is 11.1 Å². The molecule has 2 saturated carbocycles. The quantitative estimate of drug-likeness (QED) is 0.435. The third-order valence-electron chi connectivity index (χ3n) is 3.63. The summed E-state index contributed by atoms with van der Waals surface area (Å²) in [6.07, 6.45) is 5.90. The van der Waals surface area contributed by atoms with Crippen LogP contribution in [0.25, 0.3) is 0 Å². The number of rotatable bonds is 8. The molecular formula is C13H25N3O2. The first kappa shape index (κ1) is 13.6. The molecule has 0 aromatic carbocycles. The minimum absolute atomic E-state index is 0.314. The van der Waals surface area contributed by atoms with Gasteiger partial charge in [-0.1, -0.05) is 6.42 Å². The first-order valence-electron chi connectivity index (χ1n) is 7.03. The van der Waals surface area contributed by atoms with Gasteiger partial charge in [0.1, 0.15) is 0 Å². The lowest BCUT2D eigenvalue weighted by atomic mass is 9.85. The Morgan fingerprint density at radius 3 is 2.72 bits per heavy atom. The van der Waals surface area contributed by atoms with Crippen molar-refractivity contribution in [3.05, 3.63) is 0 Å². The van der Waals surface area contributed by atoms with Crippen molar-refractivity contribution in [2.45, 2.75) is 38.2 Å². The Hall–Kier alpha value is -0.810. The highest BCUT2D eigenvalue weighted by molar-refractivity contribution is 5.77. The maximum atomic E-state index is 9.65. The zero-order chi connectivity index (χ0) is 12.8. The fourth-order valence-electron chi connectivity index (χ4n) is 1.91. The van der Waals surface area contributed by atoms with Crippen LogP contribution in [0.1, 0.15) is 32.1 Å². The number of nitrogens with one attached hydrogen (secondary N) is 1. The molecule has 104 valence electrons. The SMILES string of the molecule is NC(=NCC(O)COCC1CC1)NCC1CCC1. The van der Waals surface area contributed by atoms with Gasteiger partial charge in [-0.25, -0.2) is 0 Å². The first-order chi connectivity index (χ1) is 8.74. The standard InChI is InChI=1S/C13H25N3O2/c14-13(15-6-10-2-1-3-10)16-7-12(17)9-18-8-11-4-5-11/h10-12,17H,1-9H2,(H3,14,15,16). The summed E-state index contributed by atoms with van der Waals surface area (Å²) in [5.41, 5.74) is 5.72. The molecular weight excluding hydrogens is 230 g/mol. The molecule has 0 radical (unpaired) electrons. The number of hydrogen-bond donors (Lipinski definition) is 3. The minimum atomic E-state index is -0.548. The summed E-state index contributed by atoms with van der Waals surface area (Å²) < 4.78 is 5.40. The molecule has 0 amide bonds. The van der Waals surface area contributed by atoms with Gasteiger partial charge in [-0.05, 0) is 37.5 Å². The number of guanidine groups is 1. The Bertz CT molecular complexity index is 275. The molecule has 0 aromatic rings. The number of nitrogens with zero attached hydrogens (tertiary/aromatic N) is 1. The Balaban J connectivity index is 1.49. The zero-order valence-electron chi connectivity index (χ0n) is 11.0. The second-order valence-electron chi connectivity index (χ2n) is 5.54. The van der Waals surface area contributed by atoms with Gasteiger partial charge in [-0.15, -0.1) is 0 Å². The van der Waals surface area contributed by atoms with E-state index in [9.17, 15) is 5.11 Å². The highest BCUT2D eigenvalue weighted by atomic mass is 16.5. The van der Waals surface area contributed by atoms with Crippen LogP contribution in [0.5, 0.6) is 0 Å². The smallest absolute Gasteiger partial charge is 0.188 e. The third kappa shape index (κ3) is 5.23. The van der Waals surface area contributed by atoms with Crippen molar-refractivity contribution in [2.75, 3.05) is 26.3 Å². The van der Waals surface area contributed by atoms with Gasteiger partial charge in [-0.2, -0.15) is 0 Å². The molecule has 2 fully saturated rings. The number of nitrogens with two attached hydrogens (primary N) is 1. The average molecular weight is 255 g/mol. The van der Waals surface area contributed by atoms with E-state index in [4.69, 9.17) is 10.5 Å². The average Bonchev–Trinajstić information content (AvgIpc) is 3.08. The number of aliphatic imine (C=N–C) groups is 1. The van der Waals surface area contributed by atoms with Crippen LogP contribution in [0.2, 0.25) is 0 Å². The summed E-state index contributed by atoms with van der Waals surface area (Å²) in [5, 5.41) is 12.8. The predicted molar refractivity (Wildman–Crippen MR) is 71.4 cm³/mol. The lowest BCUT2D eigenvalue weighted by Gasteiger charge is -2.25. The van der Waals surface area contributed by atoms with E-state index in [1.165, 1.54) is 32.1 Å². The maximum Gasteiger partial charge on any atom is 0.188 e. The molecule has 0 aliphatic heterocycles. The highest BCUT2D eigenvalue weighted by Crippen LogP contribution is 2.28. The lowest BCUT2D eigenvalue weighted by molar-refractivity contribution is 0.0368. The molecule has 2 rings (SSSR count). The summed E-state index contributed by atoms with van der Waals surface area (Å²) in [6.45, 7) is 2.35. The Kier molecular flexibility index (Phi) is 5.26. The topological polar surface area (TPSA) is 79.9 Å². The summed E-state index contributed by atoms with van der Waals surface area (Å²) in [7, 11) is 0. The second-order valence-corrected chi connectivity index (χ2v) is 5.54. The van der Waals surface area contributed by atoms with Crippen molar-refractivity contribution in [1.82, 2.24) is 5.32 Å². The number of ether oxygens (including phenoxy) is 1. The largest absolute Gasteiger partial charge is 0.389 e. The van der Waals surface area contributed by atoms with E-state index >= 15 is 0 Å². The molecule has 0 spiro atoms. The molecule has 0 aromatic heterocycles. The molecule has 5 heteroatoms. The van der Waals surface area contributed by atoms with Crippen molar-refractivity contribution in [1.29, 1.82) is 0 Å². The van der Waals surface area contributed by atoms with Crippen LogP contribution in [-0.2, 0) is 4.74 Å². The molecule has 1 atom stereocenters. The van der Waals surface area contributed by atoms with Crippen molar-refractivity contribution in [2.24, 2.45) is 22.6 Å². The summed E-state index contributed by atoms with van der Waals surface area (Å²) in [5.74, 6) is 1.92. The van der Waals surface area contributed by atoms with E-state index < -0.39 is 6.10 Å². The van der Waals surface area contributed by atoms with E-state index in [1.807, 2.05) is 0 Å². The highest BCUT2D eigenvalue weighted by Gasteiger charge is 2.21. The van der Waals surface area contributed by atoms with E-state index in [0.717, 1.165) is 25.0 Å². The molecule has 2 aliphatic rings. The van der Waals surface area contributed by atoms with Crippen molar-refractivity contribution < 1.29 is 9.84 Å². The van der Waals surface area contributed by atoms with E-state index in [1.54, 1.807) is 0 Å². The Labute approximate surface area is 109 Å². The van der Waals surface area contributed by atoms with Crippen LogP contribution in [0.4, 0.5) is 0 Å². The third-order valence-corrected chi connectivity index (χ3v) is 3.63. The van der Waals surface area contributed by atoms with Crippen LogP contribution in [0.3, 0.4) is 0 Å². The molecule has 5 nitrogen and oxygen atoms in total. The second kappa shape index (κ2) is 6.95. The van der Waals surface area contributed by atoms with Crippen molar-refractivity contribution in [3.8, 4) is 0 Å². The fourth-order valence-corrected chi connectivity index (χ4v) is 1.91. The van der Waals surface area contributed by atoms with Crippen molar-refractivity contribution >= 4 is 5.96 Å². The summed E-state index contributed by atoms with van der Waals surface area (Å²) in [4.78, 5) is 4.12. The molecule has 2 aliphatic carbocycles. The molecule has 0 saturated heterocycles. The van der Waals surface area contributed by atoms with Crippen LogP contribution in [-0.4, -0.2) is 43.5 Å². The Morgan fingerprint density at radius 2 is 2.11 bits per heavy atom. The van der Waals surface area contributed by atoms with Gasteiger partial charge in [0.25, 0.3) is 0 Å². The van der Waals surface area contributed by atoms with Gasteiger partial charge in [-0.3, -0.25) is 4.99 Å². The minimum Gasteiger partial charge on any atom is -0.389 e. The van der Waals surface area contributed by atoms with Gasteiger partial charge in [0.15, 0.2) is 5.96 Å². The first-order valence-corrected chi connectivity index (χ1v) is 7.03. The van der Waals surface area contributed by atoms with Gasteiger partial charge >= 0.3 is 0 Å². The Morgan fingerprint density at radius 1 is 1.33 bits per heavy atom. The molecule has 0 bridgehead atoms. The van der Waals surface area contributed by atoms with E-state index in [2.05, 4.69) is 10.3 Å². The number of aliphatic hydroxyl groups excluding tert-OH is 1. The lowest BCUT2D eigenvalue weighted by Crippen LogP contribution is -2.38. The molecule has 1 unspecified atom stereocenters. The van der Waals surface area contributed by atoms with Crippen molar-refractivity contribution in [3.63, 3.8) is 0 Å². The number of aliphatic hydroxyl groups is 1. The van der Waals surface area contributed by atoms with Gasteiger partial charge in [0.2, 0.25) is 0 Å². The number of hydrogen-bond acceptors (Lipinski definition) is 3. The van der Waals surface area contributed by atoms with Crippen LogP contribution in [0.15, 0.2) is 4.99 Å². The monoisotopic (exact) mass is 255 g/mol. The summed E-state index contributed by atoms with van der Waals surface area (Å²) in [6, 6.07) is 0. The zero-order valence-corrected chi connectivity index (χ0v) is 11.0. The maximum absolute atomic E-state index is 9.65. The van der Waals surface area contributed by atoms with Gasteiger partial charge in [0.05, 0.1) is 19.3 Å². The van der Waals surface area contributed by atoms with Crippen LogP contribution >= 0.6 is 0 Å². The normalized spacial score (nSPS) is 22.6. The van der Waals surface area contributed by atoms with Gasteiger partial charge in [0, 0.05) is 13.2 Å². The molecule has 18 heavy (non-hydrogen) atoms. The summed E-state index contributed by atoms with van der Waals surface area (Å²) >= 11 is 0. The predicted octanol–water partition coefficient (Wildman–Crippen LogP) is 0.478. The van der Waals surface area contributed by atoms with Gasteiger partial charge < -0.3 is 20.9 Å². The fraction of sp³-hybridized carbons (Fsp3) is 0.923. The van der Waals surface area contributed by atoms with E-state index in [-0.39, 0.29) is 0 Å². The molecule has 4 N–H and O–H groups in total. The molecule has 0 heterocycles. The van der Waals surface area contributed by atoms with Crippen LogP contribution in [0, 0.1) is 11.8 Å². The van der Waals surface area contributed by atoms with E-state index in [0.29, 0.717) is 19.1 Å².